The largest absolute Gasteiger partial charge is 0.429 e. The molecular formula is C20H28ClF3N5O8P. The summed E-state index contributed by atoms with van der Waals surface area (Å²) in [5.41, 5.74) is 0.128. The average Bonchev–Trinajstić information content (AvgIpc) is 3.54. The van der Waals surface area contributed by atoms with Crippen LogP contribution in [0.25, 0.3) is 11.0 Å². The molecule has 38 heavy (non-hydrogen) atoms. The van der Waals surface area contributed by atoms with Crippen LogP contribution in [0.3, 0.4) is 0 Å². The van der Waals surface area contributed by atoms with E-state index in [0.717, 1.165) is 37.5 Å². The van der Waals surface area contributed by atoms with Crippen LogP contribution < -0.4 is 5.32 Å². The number of hydrogen-bond donors (Lipinski definition) is 5. The molecule has 2 aliphatic rings. The lowest BCUT2D eigenvalue weighted by molar-refractivity contribution is -0.260. The fourth-order valence-corrected chi connectivity index (χ4v) is 5.80. The predicted octanol–water partition coefficient (Wildman–Crippen LogP) is 1.94. The molecule has 4 rings (SSSR count). The Hall–Kier alpha value is -1.62. The standard InChI is InChI=1S/C20H28ClF3N5O8P/c1-35-7-6-19(20(22,23)24,38(32,33)34)36-9-12-13(30)14(31)17(37-12)29-16-11(8-25-29)15(27-18(21)28-16)26-10-4-2-3-5-10/h8,10,12-14,17,30-31H,2-7,9H2,1H3,(H,26,27,28)(H2,32,33,34)/t12-,13-,14-,17-,19?/m1/s1. The highest BCUT2D eigenvalue weighted by Crippen LogP contribution is 2.61. The van der Waals surface area contributed by atoms with Crippen LogP contribution in [0.1, 0.15) is 38.3 Å². The number of nitrogens with zero attached hydrogens (tertiary/aromatic N) is 4. The SMILES string of the molecule is COCCC(OC[C@H]1O[C@@H](n2ncc3c(NC4CCCC4)nc(Cl)nc32)[C@H](O)[C@@H]1O)(C(F)(F)F)P(=O)(O)O. The van der Waals surface area contributed by atoms with Gasteiger partial charge in [0.25, 0.3) is 5.34 Å². The van der Waals surface area contributed by atoms with E-state index in [9.17, 15) is 37.7 Å². The second kappa shape index (κ2) is 11.1. The van der Waals surface area contributed by atoms with E-state index in [0.29, 0.717) is 11.2 Å². The molecule has 5 N–H and O–H groups in total. The first-order valence-corrected chi connectivity index (χ1v) is 13.7. The van der Waals surface area contributed by atoms with Gasteiger partial charge < -0.3 is 39.5 Å². The van der Waals surface area contributed by atoms with Crippen molar-refractivity contribution in [3.63, 3.8) is 0 Å². The van der Waals surface area contributed by atoms with Gasteiger partial charge in [0.15, 0.2) is 11.9 Å². The molecule has 0 amide bonds. The summed E-state index contributed by atoms with van der Waals surface area (Å²) in [5.74, 6) is 0.404. The molecule has 5 atom stereocenters. The molecule has 2 aromatic rings. The third-order valence-corrected chi connectivity index (χ3v) is 8.46. The van der Waals surface area contributed by atoms with Gasteiger partial charge in [0.05, 0.1) is 18.2 Å². The Labute approximate surface area is 219 Å². The van der Waals surface area contributed by atoms with E-state index < -0.39 is 63.3 Å². The molecule has 0 aromatic carbocycles. The second-order valence-corrected chi connectivity index (χ2v) is 11.4. The Bertz CT molecular complexity index is 1180. The molecule has 2 fully saturated rings. The Morgan fingerprint density at radius 2 is 1.92 bits per heavy atom. The van der Waals surface area contributed by atoms with Crippen molar-refractivity contribution in [1.29, 1.82) is 0 Å². The van der Waals surface area contributed by atoms with Crippen LogP contribution >= 0.6 is 19.2 Å². The second-order valence-electron chi connectivity index (χ2n) is 9.22. The van der Waals surface area contributed by atoms with Gasteiger partial charge in [-0.05, 0) is 24.4 Å². The lowest BCUT2D eigenvalue weighted by atomic mass is 10.1. The number of aromatic nitrogens is 4. The Kier molecular flexibility index (Phi) is 8.58. The smallest absolute Gasteiger partial charge is 0.387 e. The van der Waals surface area contributed by atoms with E-state index in [1.54, 1.807) is 0 Å². The van der Waals surface area contributed by atoms with Crippen LogP contribution in [0.4, 0.5) is 19.0 Å². The molecule has 1 aliphatic carbocycles. The Balaban J connectivity index is 1.58. The quantitative estimate of drug-likeness (QED) is 0.201. The number of fused-ring (bicyclic) bond motifs is 1. The molecule has 1 saturated carbocycles. The van der Waals surface area contributed by atoms with Gasteiger partial charge in [0, 0.05) is 26.2 Å². The maximum Gasteiger partial charge on any atom is 0.429 e. The number of rotatable bonds is 10. The maximum atomic E-state index is 13.9. The number of halogens is 4. The van der Waals surface area contributed by atoms with Crippen LogP contribution in [0.5, 0.6) is 0 Å². The zero-order valence-corrected chi connectivity index (χ0v) is 21.7. The van der Waals surface area contributed by atoms with E-state index >= 15 is 0 Å². The van der Waals surface area contributed by atoms with Crippen LogP contribution in [0.15, 0.2) is 6.20 Å². The van der Waals surface area contributed by atoms with Gasteiger partial charge in [-0.15, -0.1) is 0 Å². The highest BCUT2D eigenvalue weighted by molar-refractivity contribution is 7.53. The maximum absolute atomic E-state index is 13.9. The fourth-order valence-electron chi connectivity index (χ4n) is 4.68. The van der Waals surface area contributed by atoms with Crippen LogP contribution in [0.2, 0.25) is 5.28 Å². The summed E-state index contributed by atoms with van der Waals surface area (Å²) >= 11 is 6.10. The van der Waals surface area contributed by atoms with Crippen molar-refractivity contribution in [2.24, 2.45) is 0 Å². The number of ether oxygens (including phenoxy) is 3. The zero-order valence-electron chi connectivity index (χ0n) is 20.1. The molecule has 3 heterocycles. The van der Waals surface area contributed by atoms with E-state index in [-0.39, 0.29) is 17.0 Å². The van der Waals surface area contributed by atoms with Crippen molar-refractivity contribution >= 4 is 36.0 Å². The summed E-state index contributed by atoms with van der Waals surface area (Å²) in [5, 5.41) is 25.0. The average molecular weight is 590 g/mol. The van der Waals surface area contributed by atoms with E-state index in [2.05, 4.69) is 25.1 Å². The molecule has 0 bridgehead atoms. The van der Waals surface area contributed by atoms with Gasteiger partial charge in [-0.3, -0.25) is 4.57 Å². The Morgan fingerprint density at radius 3 is 2.53 bits per heavy atom. The monoisotopic (exact) mass is 589 g/mol. The van der Waals surface area contributed by atoms with Crippen molar-refractivity contribution < 1.29 is 51.9 Å². The first kappa shape index (κ1) is 29.4. The van der Waals surface area contributed by atoms with Crippen molar-refractivity contribution in [3.05, 3.63) is 11.5 Å². The lowest BCUT2D eigenvalue weighted by Crippen LogP contribution is -2.50. The molecule has 1 aliphatic heterocycles. The number of nitrogens with one attached hydrogen (secondary N) is 1. The number of aliphatic hydroxyl groups excluding tert-OH is 2. The van der Waals surface area contributed by atoms with Crippen LogP contribution in [-0.4, -0.2) is 95.9 Å². The molecule has 214 valence electrons. The lowest BCUT2D eigenvalue weighted by Gasteiger charge is -2.36. The van der Waals surface area contributed by atoms with Crippen LogP contribution in [-0.2, 0) is 18.8 Å². The third-order valence-electron chi connectivity index (χ3n) is 6.75. The fraction of sp³-hybridized carbons (Fsp3) is 0.750. The summed E-state index contributed by atoms with van der Waals surface area (Å²) in [6.45, 7) is -1.80. The van der Waals surface area contributed by atoms with Gasteiger partial charge in [-0.2, -0.15) is 28.2 Å². The van der Waals surface area contributed by atoms with Crippen LogP contribution in [0, 0.1) is 0 Å². The summed E-state index contributed by atoms with van der Waals surface area (Å²) in [6.07, 6.45) is -7.88. The third kappa shape index (κ3) is 5.51. The molecule has 0 spiro atoms. The molecule has 1 saturated heterocycles. The number of hydrogen-bond acceptors (Lipinski definition) is 10. The minimum absolute atomic E-state index is 0.128. The van der Waals surface area contributed by atoms with E-state index in [1.165, 1.54) is 6.20 Å². The topological polar surface area (TPSA) is 181 Å². The van der Waals surface area contributed by atoms with Gasteiger partial charge in [-0.25, -0.2) is 4.68 Å². The first-order valence-electron chi connectivity index (χ1n) is 11.7. The highest BCUT2D eigenvalue weighted by Gasteiger charge is 2.67. The van der Waals surface area contributed by atoms with E-state index in [4.69, 9.17) is 21.1 Å². The number of alkyl halides is 3. The van der Waals surface area contributed by atoms with Crippen molar-refractivity contribution in [1.82, 2.24) is 19.7 Å². The Morgan fingerprint density at radius 1 is 1.24 bits per heavy atom. The van der Waals surface area contributed by atoms with Crippen molar-refractivity contribution in [3.8, 4) is 0 Å². The number of anilines is 1. The summed E-state index contributed by atoms with van der Waals surface area (Å²) in [6, 6.07) is 0.172. The van der Waals surface area contributed by atoms with Gasteiger partial charge >= 0.3 is 13.8 Å². The van der Waals surface area contributed by atoms with Gasteiger partial charge in [-0.1, -0.05) is 12.8 Å². The molecule has 13 nitrogen and oxygen atoms in total. The predicted molar refractivity (Wildman–Crippen MR) is 125 cm³/mol. The highest BCUT2D eigenvalue weighted by atomic mass is 35.5. The van der Waals surface area contributed by atoms with Crippen molar-refractivity contribution in [2.45, 2.75) is 74.2 Å². The minimum atomic E-state index is -5.95. The normalized spacial score (nSPS) is 26.8. The number of aliphatic hydroxyl groups is 2. The summed E-state index contributed by atoms with van der Waals surface area (Å²) < 4.78 is 69.6. The molecular weight excluding hydrogens is 562 g/mol. The summed E-state index contributed by atoms with van der Waals surface area (Å²) in [7, 11) is -4.89. The summed E-state index contributed by atoms with van der Waals surface area (Å²) in [4.78, 5) is 27.5. The molecule has 2 aromatic heterocycles. The van der Waals surface area contributed by atoms with Gasteiger partial charge in [0.2, 0.25) is 5.28 Å². The van der Waals surface area contributed by atoms with Crippen molar-refractivity contribution in [2.75, 3.05) is 25.6 Å². The minimum Gasteiger partial charge on any atom is -0.387 e. The molecule has 0 radical (unpaired) electrons. The number of methoxy groups -OCH3 is 1. The zero-order chi connectivity index (χ0) is 27.9. The molecule has 18 heteroatoms. The van der Waals surface area contributed by atoms with E-state index in [1.807, 2.05) is 0 Å². The molecule has 1 unspecified atom stereocenters. The first-order chi connectivity index (χ1) is 17.8. The van der Waals surface area contributed by atoms with Gasteiger partial charge in [0.1, 0.15) is 24.1 Å².